The first kappa shape index (κ1) is 14.8. The molecule has 2 rings (SSSR count). The first-order valence-corrected chi connectivity index (χ1v) is 6.84. The predicted molar refractivity (Wildman–Crippen MR) is 75.3 cm³/mol. The number of aryl methyl sites for hydroxylation is 2. The van der Waals surface area contributed by atoms with E-state index in [1.165, 1.54) is 10.9 Å². The first-order valence-electron chi connectivity index (χ1n) is 6.09. The van der Waals surface area contributed by atoms with E-state index in [1.807, 2.05) is 13.8 Å². The molecule has 0 saturated heterocycles. The third-order valence-electron chi connectivity index (χ3n) is 2.88. The summed E-state index contributed by atoms with van der Waals surface area (Å²) >= 11 is 12.0. The van der Waals surface area contributed by atoms with Crippen LogP contribution in [-0.2, 0) is 19.5 Å². The highest BCUT2D eigenvalue weighted by Crippen LogP contribution is 2.25. The Balaban J connectivity index is 2.37. The molecule has 20 heavy (non-hydrogen) atoms. The third-order valence-corrected chi connectivity index (χ3v) is 3.58. The standard InChI is InChI=1S/C11H13Cl2N5O2/c1-3-8-10(13)9(17(4-2)14-8)6-16-5-7(12)11(15-16)18(19)20/h5H,3-4,6H2,1-2H3. The van der Waals surface area contributed by atoms with Crippen LogP contribution in [0.15, 0.2) is 6.20 Å². The topological polar surface area (TPSA) is 78.8 Å². The van der Waals surface area contributed by atoms with Crippen LogP contribution in [0, 0.1) is 10.1 Å². The van der Waals surface area contributed by atoms with Crippen LogP contribution in [0.5, 0.6) is 0 Å². The minimum atomic E-state index is -0.616. The molecular weight excluding hydrogens is 305 g/mol. The number of rotatable bonds is 5. The third kappa shape index (κ3) is 2.64. The van der Waals surface area contributed by atoms with Crippen molar-refractivity contribution < 1.29 is 4.92 Å². The van der Waals surface area contributed by atoms with Gasteiger partial charge in [0, 0.05) is 6.54 Å². The molecule has 0 fully saturated rings. The minimum absolute atomic E-state index is 0.00408. The maximum absolute atomic E-state index is 10.7. The molecule has 0 unspecified atom stereocenters. The Bertz CT molecular complexity index is 650. The molecule has 0 aliphatic carbocycles. The minimum Gasteiger partial charge on any atom is -0.358 e. The molecule has 0 aliphatic heterocycles. The van der Waals surface area contributed by atoms with E-state index in [-0.39, 0.29) is 17.4 Å². The second kappa shape index (κ2) is 5.80. The molecule has 0 aliphatic rings. The molecule has 0 spiro atoms. The normalized spacial score (nSPS) is 11.0. The van der Waals surface area contributed by atoms with Crippen molar-refractivity contribution in [3.8, 4) is 0 Å². The van der Waals surface area contributed by atoms with Crippen LogP contribution < -0.4 is 0 Å². The van der Waals surface area contributed by atoms with Crippen molar-refractivity contribution in [2.45, 2.75) is 33.4 Å². The van der Waals surface area contributed by atoms with Crippen molar-refractivity contribution in [2.75, 3.05) is 0 Å². The second-order valence-electron chi connectivity index (χ2n) is 4.13. The van der Waals surface area contributed by atoms with Gasteiger partial charge in [-0.3, -0.25) is 4.68 Å². The van der Waals surface area contributed by atoms with Crippen LogP contribution in [0.3, 0.4) is 0 Å². The van der Waals surface area contributed by atoms with Crippen molar-refractivity contribution in [3.63, 3.8) is 0 Å². The number of nitrogens with zero attached hydrogens (tertiary/aromatic N) is 5. The number of hydrogen-bond acceptors (Lipinski definition) is 4. The fraction of sp³-hybridized carbons (Fsp3) is 0.455. The Hall–Kier alpha value is -1.60. The van der Waals surface area contributed by atoms with E-state index >= 15 is 0 Å². The molecule has 0 saturated carbocycles. The molecule has 0 amide bonds. The fourth-order valence-corrected chi connectivity index (χ4v) is 2.46. The van der Waals surface area contributed by atoms with Crippen molar-refractivity contribution in [3.05, 3.63) is 37.7 Å². The van der Waals surface area contributed by atoms with Gasteiger partial charge in [-0.2, -0.15) is 9.78 Å². The zero-order chi connectivity index (χ0) is 14.9. The van der Waals surface area contributed by atoms with E-state index in [4.69, 9.17) is 23.2 Å². The summed E-state index contributed by atoms with van der Waals surface area (Å²) in [5, 5.41) is 19.5. The summed E-state index contributed by atoms with van der Waals surface area (Å²) in [6.45, 7) is 4.86. The Morgan fingerprint density at radius 2 is 2.05 bits per heavy atom. The highest BCUT2D eigenvalue weighted by atomic mass is 35.5. The van der Waals surface area contributed by atoms with E-state index in [2.05, 4.69) is 10.2 Å². The van der Waals surface area contributed by atoms with E-state index < -0.39 is 4.92 Å². The number of aromatic nitrogens is 4. The van der Waals surface area contributed by atoms with Gasteiger partial charge in [0.05, 0.1) is 27.7 Å². The SMILES string of the molecule is CCc1nn(CC)c(Cn2cc(Cl)c([N+](=O)[O-])n2)c1Cl. The van der Waals surface area contributed by atoms with Crippen LogP contribution in [0.2, 0.25) is 10.0 Å². The lowest BCUT2D eigenvalue weighted by molar-refractivity contribution is -0.389. The lowest BCUT2D eigenvalue weighted by atomic mass is 10.3. The molecule has 0 N–H and O–H groups in total. The second-order valence-corrected chi connectivity index (χ2v) is 4.92. The monoisotopic (exact) mass is 317 g/mol. The summed E-state index contributed by atoms with van der Waals surface area (Å²) in [5.74, 6) is -0.360. The largest absolute Gasteiger partial charge is 0.408 e. The lowest BCUT2D eigenvalue weighted by Gasteiger charge is -2.02. The van der Waals surface area contributed by atoms with Crippen LogP contribution in [-0.4, -0.2) is 24.5 Å². The molecule has 2 heterocycles. The summed E-state index contributed by atoms with van der Waals surface area (Å²) in [7, 11) is 0. The van der Waals surface area contributed by atoms with Gasteiger partial charge in [-0.1, -0.05) is 30.1 Å². The zero-order valence-corrected chi connectivity index (χ0v) is 12.5. The number of halogens is 2. The summed E-state index contributed by atoms with van der Waals surface area (Å²) in [4.78, 5) is 10.1. The van der Waals surface area contributed by atoms with Gasteiger partial charge in [0.25, 0.3) is 0 Å². The summed E-state index contributed by atoms with van der Waals surface area (Å²) < 4.78 is 3.16. The maximum atomic E-state index is 10.7. The van der Waals surface area contributed by atoms with Crippen molar-refractivity contribution in [1.82, 2.24) is 19.6 Å². The summed E-state index contributed by atoms with van der Waals surface area (Å²) in [6.07, 6.45) is 2.13. The van der Waals surface area contributed by atoms with Gasteiger partial charge in [-0.25, -0.2) is 0 Å². The molecule has 108 valence electrons. The summed E-state index contributed by atoms with van der Waals surface area (Å²) in [5.41, 5.74) is 1.57. The molecule has 0 aromatic carbocycles. The van der Waals surface area contributed by atoms with Crippen molar-refractivity contribution >= 4 is 29.0 Å². The average Bonchev–Trinajstić information content (AvgIpc) is 2.92. The molecule has 2 aromatic rings. The quantitative estimate of drug-likeness (QED) is 0.627. The molecular formula is C11H13Cl2N5O2. The fourth-order valence-electron chi connectivity index (χ4n) is 1.91. The van der Waals surface area contributed by atoms with Gasteiger partial charge < -0.3 is 10.1 Å². The Labute approximate surface area is 125 Å². The van der Waals surface area contributed by atoms with Crippen molar-refractivity contribution in [1.29, 1.82) is 0 Å². The smallest absolute Gasteiger partial charge is 0.358 e. The van der Waals surface area contributed by atoms with Gasteiger partial charge in [-0.15, -0.1) is 0 Å². The van der Waals surface area contributed by atoms with Gasteiger partial charge in [0.15, 0.2) is 5.02 Å². The highest BCUT2D eigenvalue weighted by Gasteiger charge is 2.22. The van der Waals surface area contributed by atoms with Gasteiger partial charge in [0.1, 0.15) is 6.54 Å². The van der Waals surface area contributed by atoms with E-state index in [1.54, 1.807) is 4.68 Å². The zero-order valence-electron chi connectivity index (χ0n) is 11.0. The van der Waals surface area contributed by atoms with Crippen LogP contribution in [0.1, 0.15) is 25.2 Å². The van der Waals surface area contributed by atoms with E-state index in [0.717, 1.165) is 17.8 Å². The number of hydrogen-bond donors (Lipinski definition) is 0. The predicted octanol–water partition coefficient (Wildman–Crippen LogP) is 2.93. The van der Waals surface area contributed by atoms with E-state index in [9.17, 15) is 10.1 Å². The maximum Gasteiger partial charge on any atom is 0.408 e. The average molecular weight is 318 g/mol. The van der Waals surface area contributed by atoms with E-state index in [0.29, 0.717) is 11.6 Å². The summed E-state index contributed by atoms with van der Waals surface area (Å²) in [6, 6.07) is 0. The van der Waals surface area contributed by atoms with Crippen LogP contribution >= 0.6 is 23.2 Å². The van der Waals surface area contributed by atoms with Crippen LogP contribution in [0.25, 0.3) is 0 Å². The molecule has 7 nitrogen and oxygen atoms in total. The Morgan fingerprint density at radius 3 is 2.55 bits per heavy atom. The Morgan fingerprint density at radius 1 is 1.35 bits per heavy atom. The first-order chi connectivity index (χ1) is 9.47. The van der Waals surface area contributed by atoms with Crippen LogP contribution in [0.4, 0.5) is 5.82 Å². The molecule has 2 aromatic heterocycles. The number of nitro groups is 1. The molecule has 0 radical (unpaired) electrons. The highest BCUT2D eigenvalue weighted by molar-refractivity contribution is 6.32. The van der Waals surface area contributed by atoms with Gasteiger partial charge in [-0.05, 0) is 18.3 Å². The lowest BCUT2D eigenvalue weighted by Crippen LogP contribution is -2.09. The van der Waals surface area contributed by atoms with Gasteiger partial charge in [0.2, 0.25) is 0 Å². The van der Waals surface area contributed by atoms with Crippen molar-refractivity contribution in [2.24, 2.45) is 0 Å². The Kier molecular flexibility index (Phi) is 4.29. The van der Waals surface area contributed by atoms with Gasteiger partial charge >= 0.3 is 5.82 Å². The molecule has 0 bridgehead atoms. The molecule has 9 heteroatoms. The molecule has 0 atom stereocenters.